The summed E-state index contributed by atoms with van der Waals surface area (Å²) in [5.41, 5.74) is -1.23. The average Bonchev–Trinajstić information content (AvgIpc) is 3.36. The molecule has 4 aromatic rings. The predicted molar refractivity (Wildman–Crippen MR) is 147 cm³/mol. The second-order valence-electron chi connectivity index (χ2n) is 9.73. The maximum absolute atomic E-state index is 12.7. The summed E-state index contributed by atoms with van der Waals surface area (Å²) < 4.78 is 5.28. The molecule has 0 bridgehead atoms. The molecule has 0 fully saturated rings. The lowest BCUT2D eigenvalue weighted by Gasteiger charge is -2.40. The highest BCUT2D eigenvalue weighted by molar-refractivity contribution is 8.04. The Hall–Kier alpha value is -3.12. The number of fused-ring (bicyclic) bond motifs is 2. The molecule has 5 heteroatoms. The van der Waals surface area contributed by atoms with E-state index in [-0.39, 0.29) is 6.61 Å². The number of hydrogen-bond acceptors (Lipinski definition) is 5. The molecule has 0 radical (unpaired) electrons. The molecule has 184 valence electrons. The fraction of sp³-hybridized carbons (Fsp3) is 0.258. The van der Waals surface area contributed by atoms with E-state index in [0.717, 1.165) is 32.7 Å². The van der Waals surface area contributed by atoms with Gasteiger partial charge in [0.05, 0.1) is 28.0 Å². The van der Waals surface area contributed by atoms with Crippen LogP contribution in [0.25, 0.3) is 21.5 Å². The minimum absolute atomic E-state index is 0.258. The molecule has 5 rings (SSSR count). The highest BCUT2D eigenvalue weighted by Gasteiger charge is 2.51. The molecule has 0 aliphatic carbocycles. The third-order valence-electron chi connectivity index (χ3n) is 7.26. The second kappa shape index (κ2) is 9.40. The molecule has 0 spiro atoms. The van der Waals surface area contributed by atoms with Crippen LogP contribution in [-0.2, 0) is 20.7 Å². The Balaban J connectivity index is 1.59. The van der Waals surface area contributed by atoms with Crippen molar-refractivity contribution in [1.29, 1.82) is 0 Å². The molecule has 4 aromatic carbocycles. The van der Waals surface area contributed by atoms with Crippen molar-refractivity contribution < 1.29 is 19.7 Å². The second-order valence-corrected chi connectivity index (χ2v) is 10.9. The molecule has 0 aromatic heterocycles. The van der Waals surface area contributed by atoms with Gasteiger partial charge < -0.3 is 14.9 Å². The van der Waals surface area contributed by atoms with Crippen molar-refractivity contribution in [1.82, 2.24) is 0 Å². The predicted octanol–water partition coefficient (Wildman–Crippen LogP) is 6.29. The van der Waals surface area contributed by atoms with Gasteiger partial charge in [-0.2, -0.15) is 0 Å². The number of aliphatic hydroxyl groups is 2. The van der Waals surface area contributed by atoms with Crippen LogP contribution in [0.5, 0.6) is 0 Å². The molecule has 2 unspecified atom stereocenters. The van der Waals surface area contributed by atoms with Gasteiger partial charge in [0.15, 0.2) is 0 Å². The lowest BCUT2D eigenvalue weighted by molar-refractivity contribution is -0.137. The van der Waals surface area contributed by atoms with Crippen LogP contribution in [0.3, 0.4) is 0 Å². The Labute approximate surface area is 215 Å². The zero-order valence-corrected chi connectivity index (χ0v) is 21.5. The summed E-state index contributed by atoms with van der Waals surface area (Å²) in [5, 5.41) is 27.7. The van der Waals surface area contributed by atoms with E-state index in [9.17, 15) is 15.0 Å². The number of carbonyl (C=O) groups excluding carboxylic acids is 1. The fourth-order valence-electron chi connectivity index (χ4n) is 5.10. The van der Waals surface area contributed by atoms with Gasteiger partial charge in [-0.25, -0.2) is 4.79 Å². The van der Waals surface area contributed by atoms with Crippen molar-refractivity contribution in [2.45, 2.75) is 37.2 Å². The van der Waals surface area contributed by atoms with Crippen LogP contribution in [0.2, 0.25) is 0 Å². The van der Waals surface area contributed by atoms with E-state index in [4.69, 9.17) is 4.74 Å². The normalized spacial score (nSPS) is 21.1. The topological polar surface area (TPSA) is 66.8 Å². The zero-order valence-electron chi connectivity index (χ0n) is 20.6. The monoisotopic (exact) mass is 498 g/mol. The summed E-state index contributed by atoms with van der Waals surface area (Å²) in [6.07, 6.45) is 1.78. The minimum Gasteiger partial charge on any atom is -0.462 e. The lowest BCUT2D eigenvalue weighted by atomic mass is 9.74. The van der Waals surface area contributed by atoms with Crippen molar-refractivity contribution in [2.75, 3.05) is 6.61 Å². The number of ether oxygens (including phenoxy) is 1. The zero-order chi connectivity index (χ0) is 25.5. The molecule has 36 heavy (non-hydrogen) atoms. The first-order chi connectivity index (χ1) is 17.2. The molecule has 4 atom stereocenters. The van der Waals surface area contributed by atoms with Gasteiger partial charge in [0.1, 0.15) is 0 Å². The van der Waals surface area contributed by atoms with Crippen LogP contribution >= 0.6 is 11.8 Å². The summed E-state index contributed by atoms with van der Waals surface area (Å²) in [6, 6.07) is 27.8. The first-order valence-electron chi connectivity index (χ1n) is 12.2. The summed E-state index contributed by atoms with van der Waals surface area (Å²) in [7, 11) is 0. The van der Waals surface area contributed by atoms with Crippen LogP contribution in [0, 0.1) is 5.92 Å². The fourth-order valence-corrected chi connectivity index (χ4v) is 6.61. The molecule has 2 N–H and O–H groups in total. The van der Waals surface area contributed by atoms with Gasteiger partial charge in [-0.05, 0) is 65.6 Å². The van der Waals surface area contributed by atoms with Gasteiger partial charge in [-0.3, -0.25) is 0 Å². The van der Waals surface area contributed by atoms with Gasteiger partial charge in [0.25, 0.3) is 0 Å². The van der Waals surface area contributed by atoms with E-state index in [1.54, 1.807) is 26.8 Å². The Bertz CT molecular complexity index is 1470. The molecular weight excluding hydrogens is 468 g/mol. The van der Waals surface area contributed by atoms with Crippen LogP contribution in [0.4, 0.5) is 0 Å². The van der Waals surface area contributed by atoms with Crippen LogP contribution in [0.15, 0.2) is 95.9 Å². The molecule has 1 aliphatic heterocycles. The Morgan fingerprint density at radius 2 is 1.31 bits per heavy atom. The van der Waals surface area contributed by atoms with Crippen LogP contribution in [-0.4, -0.2) is 28.0 Å². The standard InChI is InChI=1S/C31H30O4S/c1-4-35-29(32)27-19-26(30(2,33)24-15-13-20-9-5-7-11-22(20)17-24)28(36-27)31(3,34)25-16-14-21-10-6-8-12-23(21)18-25/h5-19,26,28,33-34H,4H2,1-3H3/t26-,28-,30?,31?/m1/s1. The largest absolute Gasteiger partial charge is 0.462 e. The van der Waals surface area contributed by atoms with Gasteiger partial charge in [0, 0.05) is 5.92 Å². The van der Waals surface area contributed by atoms with Crippen molar-refractivity contribution in [3.63, 3.8) is 0 Å². The quantitative estimate of drug-likeness (QED) is 0.306. The Morgan fingerprint density at radius 3 is 1.83 bits per heavy atom. The number of benzene rings is 4. The summed E-state index contributed by atoms with van der Waals surface area (Å²) in [5.74, 6) is -0.983. The van der Waals surface area contributed by atoms with Crippen LogP contribution in [0.1, 0.15) is 31.9 Å². The number of hydrogen-bond donors (Lipinski definition) is 2. The number of esters is 1. The molecule has 1 heterocycles. The van der Waals surface area contributed by atoms with Crippen molar-refractivity contribution in [2.24, 2.45) is 5.92 Å². The third-order valence-corrected chi connectivity index (χ3v) is 8.82. The van der Waals surface area contributed by atoms with E-state index >= 15 is 0 Å². The first-order valence-corrected chi connectivity index (χ1v) is 13.1. The molecule has 0 saturated heterocycles. The average molecular weight is 499 g/mol. The highest BCUT2D eigenvalue weighted by atomic mass is 32.2. The van der Waals surface area contributed by atoms with Gasteiger partial charge in [-0.15, -0.1) is 11.8 Å². The molecule has 4 nitrogen and oxygen atoms in total. The van der Waals surface area contributed by atoms with E-state index in [1.165, 1.54) is 11.8 Å². The molecule has 1 aliphatic rings. The molecular formula is C31H30O4S. The SMILES string of the molecule is CCOC(=O)C1=C[C@@H](C(C)(O)c2ccc3ccccc3c2)[C@H](C(C)(O)c2ccc3ccccc3c2)S1. The van der Waals surface area contributed by atoms with Gasteiger partial charge in [-0.1, -0.05) is 78.9 Å². The molecule has 0 amide bonds. The van der Waals surface area contributed by atoms with Crippen molar-refractivity contribution in [3.05, 3.63) is 107 Å². The maximum Gasteiger partial charge on any atom is 0.344 e. The van der Waals surface area contributed by atoms with Crippen molar-refractivity contribution >= 4 is 39.3 Å². The van der Waals surface area contributed by atoms with Gasteiger partial charge >= 0.3 is 5.97 Å². The maximum atomic E-state index is 12.7. The van der Waals surface area contributed by atoms with Crippen LogP contribution < -0.4 is 0 Å². The van der Waals surface area contributed by atoms with E-state index in [0.29, 0.717) is 4.91 Å². The van der Waals surface area contributed by atoms with E-state index in [2.05, 4.69) is 0 Å². The first kappa shape index (κ1) is 24.6. The Kier molecular flexibility index (Phi) is 6.41. The number of rotatable bonds is 6. The summed E-state index contributed by atoms with van der Waals surface area (Å²) in [4.78, 5) is 13.1. The number of thioether (sulfide) groups is 1. The third kappa shape index (κ3) is 4.32. The van der Waals surface area contributed by atoms with Crippen molar-refractivity contribution in [3.8, 4) is 0 Å². The highest BCUT2D eigenvalue weighted by Crippen LogP contribution is 2.52. The summed E-state index contributed by atoms with van der Waals surface area (Å²) >= 11 is 1.28. The lowest BCUT2D eigenvalue weighted by Crippen LogP contribution is -2.45. The molecule has 0 saturated carbocycles. The van der Waals surface area contributed by atoms with E-state index in [1.807, 2.05) is 84.9 Å². The summed E-state index contributed by atoms with van der Waals surface area (Å²) in [6.45, 7) is 5.55. The van der Waals surface area contributed by atoms with Gasteiger partial charge in [0.2, 0.25) is 0 Å². The van der Waals surface area contributed by atoms with E-state index < -0.39 is 28.3 Å². The number of carbonyl (C=O) groups is 1. The minimum atomic E-state index is -1.35. The smallest absolute Gasteiger partial charge is 0.344 e. The Morgan fingerprint density at radius 1 is 0.806 bits per heavy atom.